The van der Waals surface area contributed by atoms with Crippen LogP contribution in [0, 0.1) is 0 Å². The molecule has 0 atom stereocenters. The predicted octanol–water partition coefficient (Wildman–Crippen LogP) is 4.96. The van der Waals surface area contributed by atoms with E-state index in [1.807, 2.05) is 0 Å². The van der Waals surface area contributed by atoms with Crippen LogP contribution in [0.4, 0.5) is 35.1 Å². The molecule has 2 aromatic heterocycles. The van der Waals surface area contributed by atoms with Crippen molar-refractivity contribution in [3.05, 3.63) is 46.4 Å². The van der Waals surface area contributed by atoms with Gasteiger partial charge in [-0.15, -0.1) is 5.10 Å². The summed E-state index contributed by atoms with van der Waals surface area (Å²) in [5.74, 6) is -7.32. The molecule has 0 unspecified atom stereocenters. The number of halogens is 9. The van der Waals surface area contributed by atoms with Crippen LogP contribution >= 0.6 is 11.6 Å². The lowest BCUT2D eigenvalue weighted by molar-refractivity contribution is -0.292. The van der Waals surface area contributed by atoms with Crippen molar-refractivity contribution in [2.75, 3.05) is 7.05 Å². The van der Waals surface area contributed by atoms with Gasteiger partial charge in [-0.05, 0) is 31.0 Å². The first-order valence-electron chi connectivity index (χ1n) is 10.6. The zero-order valence-electron chi connectivity index (χ0n) is 19.3. The number of carbonyl (C=O) groups excluding carboxylic acids is 1. The second-order valence-electron chi connectivity index (χ2n) is 8.44. The summed E-state index contributed by atoms with van der Waals surface area (Å²) in [6, 6.07) is 3.91. The van der Waals surface area contributed by atoms with Crippen molar-refractivity contribution in [3.63, 3.8) is 0 Å². The summed E-state index contributed by atoms with van der Waals surface area (Å²) in [6.45, 7) is 0. The zero-order chi connectivity index (χ0) is 28.3. The zero-order valence-corrected chi connectivity index (χ0v) is 20.1. The van der Waals surface area contributed by atoms with E-state index in [0.29, 0.717) is 12.8 Å². The first-order valence-corrected chi connectivity index (χ1v) is 11.0. The molecule has 1 aliphatic rings. The first kappa shape index (κ1) is 27.5. The number of hydrogen-bond donors (Lipinski definition) is 1. The largest absolute Gasteiger partial charge is 0.459 e. The maximum Gasteiger partial charge on any atom is 0.459 e. The highest BCUT2D eigenvalue weighted by Crippen LogP contribution is 2.49. The van der Waals surface area contributed by atoms with Gasteiger partial charge in [-0.1, -0.05) is 11.6 Å². The van der Waals surface area contributed by atoms with Crippen LogP contribution < -0.4 is 5.32 Å². The van der Waals surface area contributed by atoms with Gasteiger partial charge in [0.1, 0.15) is 17.6 Å². The van der Waals surface area contributed by atoms with Crippen LogP contribution in [0.5, 0.6) is 0 Å². The van der Waals surface area contributed by atoms with Crippen molar-refractivity contribution >= 4 is 23.7 Å². The van der Waals surface area contributed by atoms with Gasteiger partial charge in [0.2, 0.25) is 0 Å². The van der Waals surface area contributed by atoms with Gasteiger partial charge in [0.15, 0.2) is 11.5 Å². The highest BCUT2D eigenvalue weighted by atomic mass is 35.5. The lowest BCUT2D eigenvalue weighted by Gasteiger charge is -2.19. The molecule has 4 rings (SSSR count). The number of benzene rings is 1. The number of amides is 1. The monoisotopic (exact) mass is 569 g/mol. The fourth-order valence-electron chi connectivity index (χ4n) is 3.69. The Kier molecular flexibility index (Phi) is 6.53. The van der Waals surface area contributed by atoms with E-state index in [1.165, 1.54) is 18.2 Å². The molecular weight excluding hydrogens is 554 g/mol. The molecule has 0 bridgehead atoms. The van der Waals surface area contributed by atoms with Gasteiger partial charge >= 0.3 is 18.3 Å². The molecule has 1 aliphatic carbocycles. The Balaban J connectivity index is 1.75. The Morgan fingerprint density at radius 1 is 1.13 bits per heavy atom. The Morgan fingerprint density at radius 2 is 1.79 bits per heavy atom. The van der Waals surface area contributed by atoms with Crippen molar-refractivity contribution in [3.8, 4) is 17.2 Å². The number of aliphatic imine (C=N–C) groups is 1. The van der Waals surface area contributed by atoms with Gasteiger partial charge in [0, 0.05) is 20.3 Å². The molecule has 1 fully saturated rings. The maximum absolute atomic E-state index is 14.0. The van der Waals surface area contributed by atoms with Gasteiger partial charge < -0.3 is 5.32 Å². The standard InChI is InChI=1S/C21H16ClF8N7O/c1-31-8-18(5-6-18)33-17(38)11-7-10(3-4-12(11)22)37-9-32-16(35-37)14-13(20(25,26)27)15(34-36(14)2)19(23,24)21(28,29)30/h3-4,7-9H,5-6H2,1-2H3,(H,33,38)/b31-8-. The van der Waals surface area contributed by atoms with Crippen molar-refractivity contribution in [1.82, 2.24) is 29.9 Å². The van der Waals surface area contributed by atoms with Crippen LogP contribution in [-0.4, -0.2) is 55.4 Å². The second kappa shape index (κ2) is 9.03. The van der Waals surface area contributed by atoms with Crippen molar-refractivity contribution in [1.29, 1.82) is 0 Å². The lowest BCUT2D eigenvalue weighted by atomic mass is 10.1. The molecule has 2 heterocycles. The quantitative estimate of drug-likeness (QED) is 0.336. The van der Waals surface area contributed by atoms with Gasteiger partial charge in [-0.2, -0.15) is 40.2 Å². The van der Waals surface area contributed by atoms with Crippen LogP contribution in [0.3, 0.4) is 0 Å². The molecule has 8 nitrogen and oxygen atoms in total. The number of aromatic nitrogens is 5. The highest BCUT2D eigenvalue weighted by Gasteiger charge is 2.64. The maximum atomic E-state index is 14.0. The van der Waals surface area contributed by atoms with Gasteiger partial charge in [0.05, 0.1) is 21.8 Å². The third kappa shape index (κ3) is 4.83. The van der Waals surface area contributed by atoms with Gasteiger partial charge in [-0.3, -0.25) is 14.5 Å². The molecule has 0 saturated heterocycles. The summed E-state index contributed by atoms with van der Waals surface area (Å²) in [5.41, 5.74) is -6.61. The number of nitrogens with one attached hydrogen (secondary N) is 1. The molecular formula is C21H16ClF8N7O. The Hall–Kier alpha value is -3.56. The minimum atomic E-state index is -6.34. The van der Waals surface area contributed by atoms with Crippen molar-refractivity contribution in [2.24, 2.45) is 12.0 Å². The van der Waals surface area contributed by atoms with Crippen LogP contribution in [-0.2, 0) is 19.1 Å². The Bertz CT molecular complexity index is 1420. The molecule has 1 aromatic carbocycles. The number of alkyl halides is 8. The Labute approximate surface area is 213 Å². The molecule has 0 spiro atoms. The average Bonchev–Trinajstić information content (AvgIpc) is 3.21. The normalized spacial score (nSPS) is 15.8. The molecule has 3 aromatic rings. The highest BCUT2D eigenvalue weighted by molar-refractivity contribution is 6.34. The summed E-state index contributed by atoms with van der Waals surface area (Å²) >= 11 is 6.14. The summed E-state index contributed by atoms with van der Waals surface area (Å²) in [7, 11) is 2.29. The minimum absolute atomic E-state index is 0.0133. The summed E-state index contributed by atoms with van der Waals surface area (Å²) < 4.78 is 109. The third-order valence-corrected chi connectivity index (χ3v) is 6.00. The minimum Gasteiger partial charge on any atom is -0.342 e. The predicted molar refractivity (Wildman–Crippen MR) is 117 cm³/mol. The van der Waals surface area contributed by atoms with Gasteiger partial charge in [0.25, 0.3) is 5.91 Å². The molecule has 0 radical (unpaired) electrons. The van der Waals surface area contributed by atoms with Crippen molar-refractivity contribution in [2.45, 2.75) is 36.7 Å². The molecule has 1 amide bonds. The third-order valence-electron chi connectivity index (χ3n) is 5.67. The SMILES string of the molecule is C/N=C\C1(NC(=O)c2cc(-n3cnc(-c4c(C(F)(F)F)c(C(F)(F)C(F)(F)F)nn4C)n3)ccc2Cl)CC1. The second-order valence-corrected chi connectivity index (χ2v) is 8.85. The van der Waals surface area contributed by atoms with E-state index >= 15 is 0 Å². The number of carbonyl (C=O) groups is 1. The van der Waals surface area contributed by atoms with Crippen LogP contribution in [0.25, 0.3) is 17.2 Å². The van der Waals surface area contributed by atoms with Crippen molar-refractivity contribution < 1.29 is 39.9 Å². The van der Waals surface area contributed by atoms with Crippen LogP contribution in [0.15, 0.2) is 29.5 Å². The van der Waals surface area contributed by atoms with E-state index in [1.54, 1.807) is 13.3 Å². The van der Waals surface area contributed by atoms with E-state index < -0.39 is 52.5 Å². The summed E-state index contributed by atoms with van der Waals surface area (Å²) in [4.78, 5) is 20.3. The number of nitrogens with zero attached hydrogens (tertiary/aromatic N) is 6. The molecule has 204 valence electrons. The molecule has 0 aliphatic heterocycles. The molecule has 1 saturated carbocycles. The Morgan fingerprint density at radius 3 is 2.34 bits per heavy atom. The topological polar surface area (TPSA) is 90.0 Å². The number of hydrogen-bond acceptors (Lipinski definition) is 5. The van der Waals surface area contributed by atoms with Crippen LogP contribution in [0.1, 0.15) is 34.5 Å². The van der Waals surface area contributed by atoms with E-state index in [0.717, 1.165) is 18.1 Å². The average molecular weight is 570 g/mol. The number of rotatable bonds is 6. The molecule has 1 N–H and O–H groups in total. The first-order chi connectivity index (χ1) is 17.5. The smallest absolute Gasteiger partial charge is 0.342 e. The van der Waals surface area contributed by atoms with E-state index in [-0.39, 0.29) is 21.0 Å². The van der Waals surface area contributed by atoms with E-state index in [4.69, 9.17) is 11.6 Å². The molecule has 38 heavy (non-hydrogen) atoms. The van der Waals surface area contributed by atoms with Gasteiger partial charge in [-0.25, -0.2) is 9.67 Å². The molecule has 17 heteroatoms. The fourth-order valence-corrected chi connectivity index (χ4v) is 3.89. The summed E-state index contributed by atoms with van der Waals surface area (Å²) in [5, 5.41) is 9.47. The lowest BCUT2D eigenvalue weighted by Crippen LogP contribution is -2.38. The fraction of sp³-hybridized carbons (Fsp3) is 0.381. The summed E-state index contributed by atoms with van der Waals surface area (Å²) in [6.07, 6.45) is -8.22. The number of aryl methyl sites for hydroxylation is 1. The van der Waals surface area contributed by atoms with E-state index in [2.05, 4.69) is 25.5 Å². The van der Waals surface area contributed by atoms with E-state index in [9.17, 15) is 39.9 Å². The van der Waals surface area contributed by atoms with Crippen LogP contribution in [0.2, 0.25) is 5.02 Å².